The van der Waals surface area contributed by atoms with Crippen molar-refractivity contribution in [1.29, 1.82) is 0 Å². The molecule has 1 aromatic heterocycles. The van der Waals surface area contributed by atoms with Crippen molar-refractivity contribution < 1.29 is 4.74 Å². The Morgan fingerprint density at radius 1 is 1.22 bits per heavy atom. The van der Waals surface area contributed by atoms with E-state index in [0.29, 0.717) is 5.88 Å². The molecule has 0 aliphatic heterocycles. The van der Waals surface area contributed by atoms with E-state index in [1.807, 2.05) is 7.05 Å². The number of rotatable bonds is 4. The van der Waals surface area contributed by atoms with Gasteiger partial charge in [0.05, 0.1) is 13.2 Å². The summed E-state index contributed by atoms with van der Waals surface area (Å²) in [6, 6.07) is 0.210. The van der Waals surface area contributed by atoms with Gasteiger partial charge in [-0.25, -0.2) is 4.98 Å². The molecule has 0 saturated heterocycles. The highest BCUT2D eigenvalue weighted by Gasteiger charge is 2.38. The maximum Gasteiger partial charge on any atom is 0.237 e. The molecular formula is C14H23N3O. The average molecular weight is 249 g/mol. The number of hydrogen-bond acceptors (Lipinski definition) is 4. The Balaban J connectivity index is 2.32. The van der Waals surface area contributed by atoms with Crippen molar-refractivity contribution in [2.75, 3.05) is 14.2 Å². The number of aromatic nitrogens is 2. The highest BCUT2D eigenvalue weighted by Crippen LogP contribution is 2.46. The number of ether oxygens (including phenoxy) is 1. The molecule has 18 heavy (non-hydrogen) atoms. The fourth-order valence-electron chi connectivity index (χ4n) is 3.15. The second-order valence-electron chi connectivity index (χ2n) is 5.39. The zero-order valence-corrected chi connectivity index (χ0v) is 11.6. The monoisotopic (exact) mass is 249 g/mol. The van der Waals surface area contributed by atoms with Gasteiger partial charge in [-0.15, -0.1) is 0 Å². The van der Waals surface area contributed by atoms with Crippen LogP contribution in [-0.4, -0.2) is 24.1 Å². The lowest BCUT2D eigenvalue weighted by molar-refractivity contribution is 0.144. The van der Waals surface area contributed by atoms with E-state index in [0.717, 1.165) is 5.69 Å². The zero-order chi connectivity index (χ0) is 13.0. The van der Waals surface area contributed by atoms with Gasteiger partial charge in [-0.1, -0.05) is 26.2 Å². The Morgan fingerprint density at radius 2 is 1.89 bits per heavy atom. The molecule has 1 fully saturated rings. The molecule has 1 saturated carbocycles. The summed E-state index contributed by atoms with van der Waals surface area (Å²) in [5.74, 6) is 0.642. The van der Waals surface area contributed by atoms with Gasteiger partial charge in [-0.05, 0) is 25.3 Å². The number of nitrogens with zero attached hydrogens (tertiary/aromatic N) is 2. The fraction of sp³-hybridized carbons (Fsp3) is 0.714. The second kappa shape index (κ2) is 5.65. The summed E-state index contributed by atoms with van der Waals surface area (Å²) in [4.78, 5) is 8.76. The predicted molar refractivity (Wildman–Crippen MR) is 71.6 cm³/mol. The third-order valence-corrected chi connectivity index (χ3v) is 4.14. The van der Waals surface area contributed by atoms with Gasteiger partial charge in [0.1, 0.15) is 5.69 Å². The van der Waals surface area contributed by atoms with Crippen LogP contribution in [-0.2, 0) is 0 Å². The largest absolute Gasteiger partial charge is 0.480 e. The molecule has 4 heteroatoms. The summed E-state index contributed by atoms with van der Waals surface area (Å²) in [5, 5.41) is 3.42. The van der Waals surface area contributed by atoms with Crippen LogP contribution < -0.4 is 10.1 Å². The van der Waals surface area contributed by atoms with Crippen molar-refractivity contribution in [3.05, 3.63) is 18.1 Å². The van der Waals surface area contributed by atoms with Gasteiger partial charge >= 0.3 is 0 Å². The van der Waals surface area contributed by atoms with Crippen molar-refractivity contribution in [3.63, 3.8) is 0 Å². The zero-order valence-electron chi connectivity index (χ0n) is 11.6. The SMILES string of the molecule is CNC(c1nccnc1OC)C1(C)CCCCC1. The minimum absolute atomic E-state index is 0.210. The van der Waals surface area contributed by atoms with Gasteiger partial charge in [-0.3, -0.25) is 4.98 Å². The summed E-state index contributed by atoms with van der Waals surface area (Å²) in [6.45, 7) is 2.35. The number of nitrogens with one attached hydrogen (secondary N) is 1. The lowest BCUT2D eigenvalue weighted by Crippen LogP contribution is -2.37. The van der Waals surface area contributed by atoms with Crippen LogP contribution in [0, 0.1) is 5.41 Å². The Morgan fingerprint density at radius 3 is 2.50 bits per heavy atom. The molecule has 1 aliphatic carbocycles. The number of hydrogen-bond donors (Lipinski definition) is 1. The highest BCUT2D eigenvalue weighted by atomic mass is 16.5. The van der Waals surface area contributed by atoms with Gasteiger partial charge in [-0.2, -0.15) is 0 Å². The van der Waals surface area contributed by atoms with E-state index in [1.54, 1.807) is 19.5 Å². The highest BCUT2D eigenvalue weighted by molar-refractivity contribution is 5.23. The van der Waals surface area contributed by atoms with E-state index in [2.05, 4.69) is 22.2 Å². The quantitative estimate of drug-likeness (QED) is 0.891. The van der Waals surface area contributed by atoms with Crippen LogP contribution in [0.15, 0.2) is 12.4 Å². The van der Waals surface area contributed by atoms with E-state index in [1.165, 1.54) is 32.1 Å². The van der Waals surface area contributed by atoms with Gasteiger partial charge < -0.3 is 10.1 Å². The maximum absolute atomic E-state index is 5.35. The van der Waals surface area contributed by atoms with Gasteiger partial charge in [0, 0.05) is 12.4 Å². The van der Waals surface area contributed by atoms with Crippen molar-refractivity contribution in [2.24, 2.45) is 5.41 Å². The fourth-order valence-corrected chi connectivity index (χ4v) is 3.15. The number of methoxy groups -OCH3 is 1. The molecule has 2 rings (SSSR count). The molecule has 4 nitrogen and oxygen atoms in total. The molecule has 1 atom stereocenters. The van der Waals surface area contributed by atoms with Crippen LogP contribution in [0.2, 0.25) is 0 Å². The summed E-state index contributed by atoms with van der Waals surface area (Å²) in [5.41, 5.74) is 1.18. The third kappa shape index (κ3) is 2.48. The summed E-state index contributed by atoms with van der Waals surface area (Å²) < 4.78 is 5.35. The smallest absolute Gasteiger partial charge is 0.237 e. The Kier molecular flexibility index (Phi) is 4.17. The van der Waals surface area contributed by atoms with Crippen LogP contribution in [0.1, 0.15) is 50.8 Å². The van der Waals surface area contributed by atoms with Crippen molar-refractivity contribution in [2.45, 2.75) is 45.1 Å². The molecule has 1 unspecified atom stereocenters. The van der Waals surface area contributed by atoms with Crippen LogP contribution in [0.5, 0.6) is 5.88 Å². The van der Waals surface area contributed by atoms with Crippen LogP contribution in [0.3, 0.4) is 0 Å². The molecule has 0 spiro atoms. The molecular weight excluding hydrogens is 226 g/mol. The van der Waals surface area contributed by atoms with E-state index >= 15 is 0 Å². The molecule has 1 aliphatic rings. The molecule has 1 aromatic rings. The molecule has 1 N–H and O–H groups in total. The molecule has 0 aromatic carbocycles. The van der Waals surface area contributed by atoms with Crippen LogP contribution in [0.4, 0.5) is 0 Å². The van der Waals surface area contributed by atoms with Gasteiger partial charge in [0.25, 0.3) is 0 Å². The van der Waals surface area contributed by atoms with Gasteiger partial charge in [0.2, 0.25) is 5.88 Å². The third-order valence-electron chi connectivity index (χ3n) is 4.14. The minimum atomic E-state index is 0.210. The first-order valence-electron chi connectivity index (χ1n) is 6.73. The first-order valence-corrected chi connectivity index (χ1v) is 6.73. The molecule has 0 bridgehead atoms. The van der Waals surface area contributed by atoms with E-state index in [4.69, 9.17) is 4.74 Å². The Hall–Kier alpha value is -1.16. The average Bonchev–Trinajstić information content (AvgIpc) is 2.40. The topological polar surface area (TPSA) is 47.0 Å². The Bertz CT molecular complexity index is 388. The maximum atomic E-state index is 5.35. The first kappa shape index (κ1) is 13.3. The lowest BCUT2D eigenvalue weighted by atomic mass is 9.69. The minimum Gasteiger partial charge on any atom is -0.480 e. The van der Waals surface area contributed by atoms with E-state index in [-0.39, 0.29) is 11.5 Å². The first-order chi connectivity index (χ1) is 8.71. The summed E-state index contributed by atoms with van der Waals surface area (Å²) in [7, 11) is 3.65. The molecule has 100 valence electrons. The second-order valence-corrected chi connectivity index (χ2v) is 5.39. The van der Waals surface area contributed by atoms with Crippen LogP contribution in [0.25, 0.3) is 0 Å². The van der Waals surface area contributed by atoms with E-state index in [9.17, 15) is 0 Å². The standard InChI is InChI=1S/C14H23N3O/c1-14(7-5-4-6-8-14)12(15-2)11-13(18-3)17-10-9-16-11/h9-10,12,15H,4-8H2,1-3H3. The predicted octanol–water partition coefficient (Wildman–Crippen LogP) is 2.72. The lowest BCUT2D eigenvalue weighted by Gasteiger charge is -2.40. The normalized spacial score (nSPS) is 20.4. The summed E-state index contributed by atoms with van der Waals surface area (Å²) >= 11 is 0. The Labute approximate surface area is 109 Å². The molecule has 0 radical (unpaired) electrons. The van der Waals surface area contributed by atoms with Crippen molar-refractivity contribution in [3.8, 4) is 5.88 Å². The van der Waals surface area contributed by atoms with E-state index < -0.39 is 0 Å². The van der Waals surface area contributed by atoms with Crippen molar-refractivity contribution in [1.82, 2.24) is 15.3 Å². The van der Waals surface area contributed by atoms with Crippen LogP contribution >= 0.6 is 0 Å². The molecule has 0 amide bonds. The van der Waals surface area contributed by atoms with Gasteiger partial charge in [0.15, 0.2) is 0 Å². The summed E-state index contributed by atoms with van der Waals surface area (Å²) in [6.07, 6.45) is 9.85. The molecule has 1 heterocycles. The van der Waals surface area contributed by atoms with Crippen molar-refractivity contribution >= 4 is 0 Å².